The SMILES string of the molecule is COC(=O)c1cc2sc(C)c(C(=O)CCCC(=O)c3c(C)sc4cc(C(=O)OC)sc34)c2s1. The Morgan fingerprint density at radius 2 is 1.09 bits per heavy atom. The van der Waals surface area contributed by atoms with Crippen LogP contribution in [0.2, 0.25) is 0 Å². The summed E-state index contributed by atoms with van der Waals surface area (Å²) < 4.78 is 13.0. The molecule has 0 aliphatic carbocycles. The molecule has 0 saturated heterocycles. The highest BCUT2D eigenvalue weighted by molar-refractivity contribution is 7.30. The molecule has 0 spiro atoms. The first-order chi connectivity index (χ1) is 15.7. The zero-order chi connectivity index (χ0) is 23.9. The molecule has 0 radical (unpaired) electrons. The fraction of sp³-hybridized carbons (Fsp3) is 0.304. The molecule has 4 aromatic heterocycles. The Bertz CT molecular complexity index is 1310. The van der Waals surface area contributed by atoms with Crippen LogP contribution >= 0.6 is 45.3 Å². The lowest BCUT2D eigenvalue weighted by atomic mass is 10.0. The van der Waals surface area contributed by atoms with Gasteiger partial charge in [0.1, 0.15) is 9.75 Å². The standard InChI is InChI=1S/C23H20O6S4/c1-10-18(20-14(30-10)8-16(32-20)22(26)28-3)12(24)6-5-7-13(25)19-11(2)31-15-9-17(23(27)29-4)33-21(15)19/h8-9H,5-7H2,1-4H3. The molecule has 0 amide bonds. The molecule has 10 heteroatoms. The summed E-state index contributed by atoms with van der Waals surface area (Å²) in [6.07, 6.45) is 0.914. The fourth-order valence-corrected chi connectivity index (χ4v) is 8.71. The molecule has 0 aromatic carbocycles. The second-order valence-corrected chi connectivity index (χ2v) is 12.0. The van der Waals surface area contributed by atoms with Crippen molar-refractivity contribution in [1.29, 1.82) is 0 Å². The number of methoxy groups -OCH3 is 2. The maximum absolute atomic E-state index is 13.0. The van der Waals surface area contributed by atoms with Crippen LogP contribution in [0.15, 0.2) is 12.1 Å². The molecule has 0 N–H and O–H groups in total. The third kappa shape index (κ3) is 4.40. The van der Waals surface area contributed by atoms with Gasteiger partial charge in [0.15, 0.2) is 11.6 Å². The Morgan fingerprint density at radius 1 is 0.697 bits per heavy atom. The van der Waals surface area contributed by atoms with Gasteiger partial charge in [0.05, 0.1) is 23.6 Å². The molecule has 0 fully saturated rings. The van der Waals surface area contributed by atoms with E-state index in [9.17, 15) is 19.2 Å². The number of ketones is 2. The third-order valence-electron chi connectivity index (χ3n) is 5.22. The molecule has 0 bridgehead atoms. The van der Waals surface area contributed by atoms with E-state index < -0.39 is 11.9 Å². The van der Waals surface area contributed by atoms with Gasteiger partial charge in [0.2, 0.25) is 0 Å². The third-order valence-corrected chi connectivity index (χ3v) is 9.85. The Labute approximate surface area is 205 Å². The molecular formula is C23H20O6S4. The summed E-state index contributed by atoms with van der Waals surface area (Å²) in [5.41, 5.74) is 1.27. The topological polar surface area (TPSA) is 86.7 Å². The normalized spacial score (nSPS) is 11.3. The van der Waals surface area contributed by atoms with Crippen molar-refractivity contribution < 1.29 is 28.7 Å². The molecule has 4 rings (SSSR count). The Morgan fingerprint density at radius 3 is 1.45 bits per heavy atom. The number of Topliss-reactive ketones (excluding diaryl/α,β-unsaturated/α-hetero) is 2. The van der Waals surface area contributed by atoms with Crippen LogP contribution in [0.1, 0.15) is 69.1 Å². The van der Waals surface area contributed by atoms with Crippen molar-refractivity contribution in [2.24, 2.45) is 0 Å². The molecule has 33 heavy (non-hydrogen) atoms. The average Bonchev–Trinajstić information content (AvgIpc) is 3.50. The van der Waals surface area contributed by atoms with E-state index in [0.717, 1.165) is 28.6 Å². The number of rotatable bonds is 8. The van der Waals surface area contributed by atoms with Gasteiger partial charge in [-0.15, -0.1) is 45.3 Å². The number of carbonyl (C=O) groups is 4. The molecule has 0 unspecified atom stereocenters. The van der Waals surface area contributed by atoms with E-state index in [4.69, 9.17) is 9.47 Å². The van der Waals surface area contributed by atoms with Crippen molar-refractivity contribution in [3.63, 3.8) is 0 Å². The lowest BCUT2D eigenvalue weighted by molar-refractivity contribution is 0.0597. The zero-order valence-corrected chi connectivity index (χ0v) is 21.6. The molecule has 6 nitrogen and oxygen atoms in total. The highest BCUT2D eigenvalue weighted by Gasteiger charge is 2.23. The number of fused-ring (bicyclic) bond motifs is 2. The minimum atomic E-state index is -0.411. The van der Waals surface area contributed by atoms with Gasteiger partial charge in [-0.25, -0.2) is 9.59 Å². The van der Waals surface area contributed by atoms with Crippen LogP contribution in [-0.2, 0) is 9.47 Å². The van der Waals surface area contributed by atoms with Crippen LogP contribution in [0.3, 0.4) is 0 Å². The number of carbonyl (C=O) groups excluding carboxylic acids is 4. The van der Waals surface area contributed by atoms with Gasteiger partial charge in [0, 0.05) is 43.1 Å². The van der Waals surface area contributed by atoms with E-state index in [2.05, 4.69) is 0 Å². The second kappa shape index (κ2) is 9.46. The minimum absolute atomic E-state index is 0.0268. The Kier molecular flexibility index (Phi) is 6.81. The van der Waals surface area contributed by atoms with E-state index in [0.29, 0.717) is 27.3 Å². The number of hydrogen-bond donors (Lipinski definition) is 0. The number of aryl methyl sites for hydroxylation is 2. The van der Waals surface area contributed by atoms with Crippen LogP contribution < -0.4 is 0 Å². The van der Waals surface area contributed by atoms with E-state index in [1.807, 2.05) is 13.8 Å². The van der Waals surface area contributed by atoms with Gasteiger partial charge in [-0.05, 0) is 32.4 Å². The summed E-state index contributed by atoms with van der Waals surface area (Å²) in [6, 6.07) is 3.52. The number of thiophene rings is 4. The van der Waals surface area contributed by atoms with Crippen LogP contribution in [0.4, 0.5) is 0 Å². The lowest BCUT2D eigenvalue weighted by Crippen LogP contribution is -2.04. The van der Waals surface area contributed by atoms with Crippen molar-refractivity contribution in [1.82, 2.24) is 0 Å². The summed E-state index contributed by atoms with van der Waals surface area (Å²) in [4.78, 5) is 52.4. The van der Waals surface area contributed by atoms with Gasteiger partial charge < -0.3 is 9.47 Å². The summed E-state index contributed by atoms with van der Waals surface area (Å²) in [5, 5.41) is 0. The van der Waals surface area contributed by atoms with Gasteiger partial charge in [-0.3, -0.25) is 9.59 Å². The summed E-state index contributed by atoms with van der Waals surface area (Å²) in [5.74, 6) is -0.875. The largest absolute Gasteiger partial charge is 0.465 e. The van der Waals surface area contributed by atoms with Crippen molar-refractivity contribution >= 4 is 87.7 Å². The van der Waals surface area contributed by atoms with Gasteiger partial charge in [0.25, 0.3) is 0 Å². The van der Waals surface area contributed by atoms with Crippen molar-refractivity contribution in [3.05, 3.63) is 42.8 Å². The monoisotopic (exact) mass is 520 g/mol. The Hall–Kier alpha value is -2.40. The molecule has 0 aliphatic heterocycles. The van der Waals surface area contributed by atoms with Crippen LogP contribution in [0.25, 0.3) is 18.8 Å². The van der Waals surface area contributed by atoms with Crippen molar-refractivity contribution in [2.75, 3.05) is 14.2 Å². The maximum Gasteiger partial charge on any atom is 0.348 e. The first-order valence-corrected chi connectivity index (χ1v) is 13.3. The molecule has 4 heterocycles. The van der Waals surface area contributed by atoms with Crippen LogP contribution in [0, 0.1) is 13.8 Å². The van der Waals surface area contributed by atoms with E-state index in [-0.39, 0.29) is 24.4 Å². The van der Waals surface area contributed by atoms with Gasteiger partial charge in [-0.1, -0.05) is 0 Å². The summed E-state index contributed by atoms with van der Waals surface area (Å²) >= 11 is 5.50. The minimum Gasteiger partial charge on any atom is -0.465 e. The average molecular weight is 521 g/mol. The van der Waals surface area contributed by atoms with Crippen LogP contribution in [0.5, 0.6) is 0 Å². The zero-order valence-electron chi connectivity index (χ0n) is 18.4. The lowest BCUT2D eigenvalue weighted by Gasteiger charge is -2.03. The quantitative estimate of drug-likeness (QED) is 0.191. The van der Waals surface area contributed by atoms with Crippen molar-refractivity contribution in [2.45, 2.75) is 33.1 Å². The van der Waals surface area contributed by atoms with Crippen LogP contribution in [-0.4, -0.2) is 37.7 Å². The Balaban J connectivity index is 1.47. The van der Waals surface area contributed by atoms with E-state index >= 15 is 0 Å². The van der Waals surface area contributed by atoms with Gasteiger partial charge in [-0.2, -0.15) is 0 Å². The molecule has 4 aromatic rings. The highest BCUT2D eigenvalue weighted by Crippen LogP contribution is 2.40. The summed E-state index contributed by atoms with van der Waals surface area (Å²) in [6.45, 7) is 3.80. The maximum atomic E-state index is 13.0. The molecule has 0 saturated carbocycles. The number of ether oxygens (including phenoxy) is 2. The highest BCUT2D eigenvalue weighted by atomic mass is 32.1. The van der Waals surface area contributed by atoms with E-state index in [1.54, 1.807) is 12.1 Å². The smallest absolute Gasteiger partial charge is 0.348 e. The second-order valence-electron chi connectivity index (χ2n) is 7.36. The van der Waals surface area contributed by atoms with E-state index in [1.165, 1.54) is 59.6 Å². The first-order valence-electron chi connectivity index (χ1n) is 10.0. The molecule has 172 valence electrons. The molecule has 0 aliphatic rings. The number of hydrogen-bond acceptors (Lipinski definition) is 10. The molecule has 0 atom stereocenters. The van der Waals surface area contributed by atoms with Crippen molar-refractivity contribution in [3.8, 4) is 0 Å². The fourth-order valence-electron chi connectivity index (χ4n) is 3.71. The molecular weight excluding hydrogens is 501 g/mol. The van der Waals surface area contributed by atoms with Gasteiger partial charge >= 0.3 is 11.9 Å². The predicted molar refractivity (Wildman–Crippen MR) is 134 cm³/mol. The first kappa shape index (κ1) is 23.7. The predicted octanol–water partition coefficient (Wildman–Crippen LogP) is 6.66. The number of esters is 2. The summed E-state index contributed by atoms with van der Waals surface area (Å²) in [7, 11) is 2.67.